The number of aromatic nitrogens is 2. The Balaban J connectivity index is 1.93. The van der Waals surface area contributed by atoms with Gasteiger partial charge in [0.25, 0.3) is 0 Å². The molecule has 1 saturated heterocycles. The number of anilines is 2. The maximum atomic E-state index is 15.0. The predicted octanol–water partition coefficient (Wildman–Crippen LogP) is 1.24. The number of pyridine rings is 2. The number of carboxylic acid groups (broad SMARTS) is 1. The Morgan fingerprint density at radius 2 is 1.97 bits per heavy atom. The molecule has 1 aliphatic rings. The molecule has 1 aliphatic heterocycles. The minimum absolute atomic E-state index is 0.0278. The molecule has 0 spiro atoms. The summed E-state index contributed by atoms with van der Waals surface area (Å²) in [7, 11) is 0. The maximum Gasteiger partial charge on any atom is 0.341 e. The lowest BCUT2D eigenvalue weighted by atomic mass is 10.1. The third-order valence-electron chi connectivity index (χ3n) is 5.50. The minimum Gasteiger partial charge on any atom is -0.477 e. The molecule has 0 radical (unpaired) electrons. The van der Waals surface area contributed by atoms with E-state index in [4.69, 9.17) is 10.8 Å². The molecule has 0 aliphatic carbocycles. The predicted molar refractivity (Wildman–Crippen MR) is 114 cm³/mol. The van der Waals surface area contributed by atoms with Crippen molar-refractivity contribution < 1.29 is 28.2 Å². The number of carbonyl (C=O) groups is 1. The van der Waals surface area contributed by atoms with Crippen molar-refractivity contribution in [2.45, 2.75) is 12.5 Å². The second-order valence-electron chi connectivity index (χ2n) is 7.65. The quantitative estimate of drug-likeness (QED) is 0.402. The molecule has 0 amide bonds. The number of nitrogen functional groups attached to an aromatic ring is 1. The summed E-state index contributed by atoms with van der Waals surface area (Å²) in [6.07, 6.45) is 1.50. The first kappa shape index (κ1) is 22.6. The molecule has 1 unspecified atom stereocenters. The number of hydrogen-bond donors (Lipinski definition) is 4. The van der Waals surface area contributed by atoms with E-state index in [1.807, 2.05) is 0 Å². The van der Waals surface area contributed by atoms with Gasteiger partial charge < -0.3 is 26.2 Å². The van der Waals surface area contributed by atoms with Crippen molar-refractivity contribution in [3.05, 3.63) is 57.6 Å². The van der Waals surface area contributed by atoms with Crippen molar-refractivity contribution in [2.24, 2.45) is 0 Å². The van der Waals surface area contributed by atoms with Crippen molar-refractivity contribution in [1.29, 1.82) is 0 Å². The number of nitrogens with one attached hydrogen (secondary N) is 1. The van der Waals surface area contributed by atoms with Gasteiger partial charge in [-0.1, -0.05) is 0 Å². The zero-order chi connectivity index (χ0) is 23.9. The second kappa shape index (κ2) is 8.71. The average molecular weight is 463 g/mol. The van der Waals surface area contributed by atoms with Crippen LogP contribution in [0, 0.1) is 17.5 Å². The Bertz CT molecular complexity index is 1310. The van der Waals surface area contributed by atoms with Crippen molar-refractivity contribution in [1.82, 2.24) is 14.9 Å². The van der Waals surface area contributed by atoms with Crippen LogP contribution in [-0.4, -0.2) is 58.0 Å². The van der Waals surface area contributed by atoms with Gasteiger partial charge in [-0.3, -0.25) is 9.36 Å². The zero-order valence-electron chi connectivity index (χ0n) is 17.2. The fraction of sp³-hybridized carbons (Fsp3) is 0.286. The molecule has 1 fully saturated rings. The molecule has 9 nitrogen and oxygen atoms in total. The summed E-state index contributed by atoms with van der Waals surface area (Å²) >= 11 is 0. The van der Waals surface area contributed by atoms with E-state index in [2.05, 4.69) is 10.3 Å². The fourth-order valence-corrected chi connectivity index (χ4v) is 3.90. The summed E-state index contributed by atoms with van der Waals surface area (Å²) in [4.78, 5) is 30.2. The first-order valence-electron chi connectivity index (χ1n) is 10.0. The smallest absolute Gasteiger partial charge is 0.341 e. The number of nitrogens with two attached hydrogens (primary N) is 1. The third-order valence-corrected chi connectivity index (χ3v) is 5.50. The van der Waals surface area contributed by atoms with Crippen LogP contribution in [0.25, 0.3) is 16.7 Å². The van der Waals surface area contributed by atoms with E-state index in [-0.39, 0.29) is 35.2 Å². The van der Waals surface area contributed by atoms with Gasteiger partial charge in [0.1, 0.15) is 17.2 Å². The minimum atomic E-state index is -1.60. The molecule has 1 aromatic carbocycles. The Kier molecular flexibility index (Phi) is 5.95. The van der Waals surface area contributed by atoms with Gasteiger partial charge in [-0.15, -0.1) is 0 Å². The highest BCUT2D eigenvalue weighted by Crippen LogP contribution is 2.28. The molecule has 3 aromatic rings. The van der Waals surface area contributed by atoms with Crippen molar-refractivity contribution in [2.75, 3.05) is 36.9 Å². The Labute approximate surface area is 184 Å². The molecule has 2 aromatic heterocycles. The number of halogens is 3. The van der Waals surface area contributed by atoms with E-state index < -0.39 is 40.1 Å². The van der Waals surface area contributed by atoms with Crippen molar-refractivity contribution in [3.8, 4) is 5.69 Å². The molecule has 3 heterocycles. The van der Waals surface area contributed by atoms with E-state index >= 15 is 0 Å². The first-order chi connectivity index (χ1) is 15.7. The first-order valence-corrected chi connectivity index (χ1v) is 10.0. The van der Waals surface area contributed by atoms with Gasteiger partial charge in [0.15, 0.2) is 17.3 Å². The number of rotatable bonds is 6. The van der Waals surface area contributed by atoms with Gasteiger partial charge in [0.05, 0.1) is 23.4 Å². The van der Waals surface area contributed by atoms with Gasteiger partial charge in [-0.25, -0.2) is 22.9 Å². The topological polar surface area (TPSA) is 134 Å². The zero-order valence-corrected chi connectivity index (χ0v) is 17.2. The van der Waals surface area contributed by atoms with Gasteiger partial charge in [0.2, 0.25) is 5.43 Å². The molecule has 0 bridgehead atoms. The van der Waals surface area contributed by atoms with Crippen molar-refractivity contribution >= 4 is 28.5 Å². The van der Waals surface area contributed by atoms with Crippen LogP contribution in [0.2, 0.25) is 0 Å². The van der Waals surface area contributed by atoms with Gasteiger partial charge in [-0.2, -0.15) is 0 Å². The van der Waals surface area contributed by atoms with Gasteiger partial charge in [-0.05, 0) is 18.6 Å². The fourth-order valence-electron chi connectivity index (χ4n) is 3.90. The Hall–Kier alpha value is -3.64. The molecular formula is C21H20F3N5O4. The summed E-state index contributed by atoms with van der Waals surface area (Å²) < 4.78 is 44.3. The van der Waals surface area contributed by atoms with Crippen LogP contribution in [0.1, 0.15) is 16.8 Å². The Morgan fingerprint density at radius 3 is 2.67 bits per heavy atom. The summed E-state index contributed by atoms with van der Waals surface area (Å²) in [5.41, 5.74) is 2.86. The second-order valence-corrected chi connectivity index (χ2v) is 7.65. The number of aromatic carboxylic acids is 1. The average Bonchev–Trinajstić information content (AvgIpc) is 3.24. The Morgan fingerprint density at radius 1 is 1.21 bits per heavy atom. The van der Waals surface area contributed by atoms with Crippen LogP contribution in [0.3, 0.4) is 0 Å². The standard InChI is InChI=1S/C21H20F3N5O4/c22-13-6-14(23)17(7-16(13)25)29-9-12(21(32)33)18(31)11-5-15(24)20(27-19(11)29)28-3-1-10(8-28)26-2-4-30/h5-7,9-10,26,30H,1-4,8,25H2,(H,32,33). The van der Waals surface area contributed by atoms with E-state index in [0.29, 0.717) is 32.1 Å². The summed E-state index contributed by atoms with van der Waals surface area (Å²) in [6, 6.07) is 2.30. The van der Waals surface area contributed by atoms with Gasteiger partial charge in [0, 0.05) is 37.9 Å². The summed E-state index contributed by atoms with van der Waals surface area (Å²) in [5, 5.41) is 21.1. The third kappa shape index (κ3) is 4.10. The van der Waals surface area contributed by atoms with Crippen LogP contribution in [0.5, 0.6) is 0 Å². The molecule has 1 atom stereocenters. The number of aliphatic hydroxyl groups is 1. The van der Waals surface area contributed by atoms with E-state index in [0.717, 1.165) is 22.9 Å². The van der Waals surface area contributed by atoms with Crippen LogP contribution >= 0.6 is 0 Å². The van der Waals surface area contributed by atoms with Crippen LogP contribution < -0.4 is 21.4 Å². The highest BCUT2D eigenvalue weighted by molar-refractivity contribution is 5.92. The number of fused-ring (bicyclic) bond motifs is 1. The molecule has 33 heavy (non-hydrogen) atoms. The number of aliphatic hydroxyl groups excluding tert-OH is 1. The van der Waals surface area contributed by atoms with Crippen LogP contribution in [-0.2, 0) is 0 Å². The lowest BCUT2D eigenvalue weighted by Gasteiger charge is -2.20. The number of benzene rings is 1. The van der Waals surface area contributed by atoms with E-state index in [9.17, 15) is 27.9 Å². The maximum absolute atomic E-state index is 15.0. The lowest BCUT2D eigenvalue weighted by molar-refractivity contribution is 0.0695. The number of carboxylic acids is 1. The highest BCUT2D eigenvalue weighted by atomic mass is 19.1. The number of hydrogen-bond acceptors (Lipinski definition) is 7. The molecule has 174 valence electrons. The molecule has 12 heteroatoms. The van der Waals surface area contributed by atoms with Crippen LogP contribution in [0.15, 0.2) is 29.2 Å². The monoisotopic (exact) mass is 463 g/mol. The largest absolute Gasteiger partial charge is 0.477 e. The van der Waals surface area contributed by atoms with E-state index in [1.54, 1.807) is 4.90 Å². The summed E-state index contributed by atoms with van der Waals surface area (Å²) in [5.74, 6) is -4.66. The van der Waals surface area contributed by atoms with Crippen molar-refractivity contribution in [3.63, 3.8) is 0 Å². The number of nitrogens with zero attached hydrogens (tertiary/aromatic N) is 3. The molecule has 4 rings (SSSR count). The molecular weight excluding hydrogens is 443 g/mol. The van der Waals surface area contributed by atoms with E-state index in [1.165, 1.54) is 0 Å². The SMILES string of the molecule is Nc1cc(-n2cc(C(=O)O)c(=O)c3cc(F)c(N4CCC(NCCO)C4)nc32)c(F)cc1F. The summed E-state index contributed by atoms with van der Waals surface area (Å²) in [6.45, 7) is 1.11. The molecule has 5 N–H and O–H groups in total. The lowest BCUT2D eigenvalue weighted by Crippen LogP contribution is -2.34. The highest BCUT2D eigenvalue weighted by Gasteiger charge is 2.27. The van der Waals surface area contributed by atoms with Crippen LogP contribution in [0.4, 0.5) is 24.7 Å². The normalized spacial score (nSPS) is 16.0. The molecule has 0 saturated carbocycles. The van der Waals surface area contributed by atoms with Gasteiger partial charge >= 0.3 is 5.97 Å².